The summed E-state index contributed by atoms with van der Waals surface area (Å²) in [6.07, 6.45) is 14.2. The Morgan fingerprint density at radius 1 is 0.821 bits per heavy atom. The van der Waals surface area contributed by atoms with Crippen LogP contribution in [0.15, 0.2) is 0 Å². The quantitative estimate of drug-likeness (QED) is 0.241. The highest BCUT2D eigenvalue weighted by Gasteiger charge is 2.40. The average molecular weight is 418 g/mol. The fourth-order valence-electron chi connectivity index (χ4n) is 3.83. The zero-order valence-electron chi connectivity index (χ0n) is 18.5. The molecule has 2 atom stereocenters. The van der Waals surface area contributed by atoms with Crippen molar-refractivity contribution in [2.24, 2.45) is 5.92 Å². The number of nitrogens with zero attached hydrogens (tertiary/aromatic N) is 1. The second-order valence-corrected chi connectivity index (χ2v) is 11.0. The first-order valence-electron chi connectivity index (χ1n) is 11.4. The van der Waals surface area contributed by atoms with Crippen molar-refractivity contribution < 1.29 is 17.9 Å². The number of carbonyl (C=O) groups is 1. The summed E-state index contributed by atoms with van der Waals surface area (Å²) < 4.78 is 29.4. The van der Waals surface area contributed by atoms with Crippen molar-refractivity contribution in [3.63, 3.8) is 0 Å². The molecule has 0 aromatic carbocycles. The Bertz CT molecular complexity index is 519. The largest absolute Gasteiger partial charge is 0.461 e. The van der Waals surface area contributed by atoms with Gasteiger partial charge in [-0.25, -0.2) is 8.42 Å². The van der Waals surface area contributed by atoms with Gasteiger partial charge >= 0.3 is 5.97 Å². The number of unbranched alkanes of at least 4 members (excludes halogenated alkanes) is 8. The number of carbonyl (C=O) groups excluding carboxylic acids is 1. The van der Waals surface area contributed by atoms with Crippen LogP contribution in [0.3, 0.4) is 0 Å². The van der Waals surface area contributed by atoms with Gasteiger partial charge in [-0.05, 0) is 52.7 Å². The van der Waals surface area contributed by atoms with E-state index in [0.29, 0.717) is 12.8 Å². The number of sulfone groups is 1. The molecular weight excluding hydrogens is 374 g/mol. The lowest BCUT2D eigenvalue weighted by Crippen LogP contribution is -2.44. The second kappa shape index (κ2) is 14.4. The number of hydrogen-bond acceptors (Lipinski definition) is 5. The maximum atomic E-state index is 12.0. The molecule has 0 aliphatic carbocycles. The molecule has 1 aliphatic heterocycles. The number of esters is 1. The zero-order valence-corrected chi connectivity index (χ0v) is 19.3. The third kappa shape index (κ3) is 11.4. The number of rotatable bonds is 18. The van der Waals surface area contributed by atoms with Crippen molar-refractivity contribution >= 4 is 15.8 Å². The van der Waals surface area contributed by atoms with Crippen LogP contribution in [-0.2, 0) is 19.4 Å². The van der Waals surface area contributed by atoms with Crippen molar-refractivity contribution in [2.45, 2.75) is 96.5 Å². The third-order valence-electron chi connectivity index (χ3n) is 5.64. The fourth-order valence-corrected chi connectivity index (χ4v) is 5.25. The maximum Gasteiger partial charge on any atom is 0.313 e. The summed E-state index contributed by atoms with van der Waals surface area (Å²) in [4.78, 5) is 13.7. The highest BCUT2D eigenvalue weighted by molar-refractivity contribution is 7.91. The van der Waals surface area contributed by atoms with E-state index in [1.54, 1.807) is 0 Å². The van der Waals surface area contributed by atoms with Gasteiger partial charge in [0, 0.05) is 0 Å². The molecule has 0 radical (unpaired) electrons. The Labute approximate surface area is 173 Å². The van der Waals surface area contributed by atoms with Gasteiger partial charge < -0.3 is 9.64 Å². The van der Waals surface area contributed by atoms with E-state index in [1.807, 2.05) is 19.0 Å². The average Bonchev–Trinajstić information content (AvgIpc) is 2.62. The first-order chi connectivity index (χ1) is 13.4. The second-order valence-electron chi connectivity index (χ2n) is 8.65. The molecule has 0 saturated carbocycles. The van der Waals surface area contributed by atoms with E-state index < -0.39 is 9.84 Å². The number of cyclic esters (lactones) is 1. The van der Waals surface area contributed by atoms with Crippen LogP contribution in [-0.4, -0.2) is 57.5 Å². The Balaban J connectivity index is 2.08. The lowest BCUT2D eigenvalue weighted by Gasteiger charge is -2.35. The van der Waals surface area contributed by atoms with Gasteiger partial charge in [0.05, 0.1) is 17.4 Å². The standard InChI is InChI=1S/C22H43NO4S/c1-4-5-6-7-8-9-10-11-16-21-20(22(24)27-21)15-12-13-18-28(25,26)19-14-17-23(2)3/h20-21H,4-19H2,1-3H3/t20-,21-/m0/s1. The Morgan fingerprint density at radius 2 is 1.39 bits per heavy atom. The Hall–Kier alpha value is -0.620. The van der Waals surface area contributed by atoms with E-state index in [0.717, 1.165) is 32.2 Å². The summed E-state index contributed by atoms with van der Waals surface area (Å²) in [5.74, 6) is 0.419. The number of hydrogen-bond donors (Lipinski definition) is 0. The van der Waals surface area contributed by atoms with Gasteiger partial charge in [-0.1, -0.05) is 58.3 Å². The molecule has 1 heterocycles. The molecule has 1 saturated heterocycles. The summed E-state index contributed by atoms with van der Waals surface area (Å²) in [5.41, 5.74) is 0. The van der Waals surface area contributed by atoms with Crippen molar-refractivity contribution in [1.29, 1.82) is 0 Å². The van der Waals surface area contributed by atoms with Crippen molar-refractivity contribution in [3.8, 4) is 0 Å². The molecular formula is C22H43NO4S. The fraction of sp³-hybridized carbons (Fsp3) is 0.955. The highest BCUT2D eigenvalue weighted by Crippen LogP contribution is 2.31. The smallest absolute Gasteiger partial charge is 0.313 e. The molecule has 166 valence electrons. The first kappa shape index (κ1) is 25.4. The molecule has 0 N–H and O–H groups in total. The van der Waals surface area contributed by atoms with Gasteiger partial charge in [-0.15, -0.1) is 0 Å². The normalized spacial score (nSPS) is 19.6. The summed E-state index contributed by atoms with van der Waals surface area (Å²) in [6, 6.07) is 0. The Kier molecular flexibility index (Phi) is 13.0. The van der Waals surface area contributed by atoms with Crippen LogP contribution in [0.5, 0.6) is 0 Å². The first-order valence-corrected chi connectivity index (χ1v) is 13.2. The van der Waals surface area contributed by atoms with Crippen LogP contribution in [0.2, 0.25) is 0 Å². The van der Waals surface area contributed by atoms with Crippen molar-refractivity contribution in [2.75, 3.05) is 32.1 Å². The maximum absolute atomic E-state index is 12.0. The molecule has 1 fully saturated rings. The van der Waals surface area contributed by atoms with E-state index in [2.05, 4.69) is 6.92 Å². The van der Waals surface area contributed by atoms with Gasteiger partial charge in [0.25, 0.3) is 0 Å². The molecule has 28 heavy (non-hydrogen) atoms. The molecule has 0 bridgehead atoms. The van der Waals surface area contributed by atoms with Crippen molar-refractivity contribution in [3.05, 3.63) is 0 Å². The van der Waals surface area contributed by atoms with Gasteiger partial charge in [-0.3, -0.25) is 4.79 Å². The molecule has 0 aromatic heterocycles. The van der Waals surface area contributed by atoms with Gasteiger partial charge in [0.1, 0.15) is 15.9 Å². The van der Waals surface area contributed by atoms with Crippen LogP contribution in [0, 0.1) is 5.92 Å². The van der Waals surface area contributed by atoms with E-state index in [-0.39, 0.29) is 29.5 Å². The molecule has 0 spiro atoms. The molecule has 0 unspecified atom stereocenters. The van der Waals surface area contributed by atoms with Crippen molar-refractivity contribution in [1.82, 2.24) is 4.90 Å². The van der Waals surface area contributed by atoms with Crippen LogP contribution in [0.4, 0.5) is 0 Å². The predicted octanol–water partition coefficient (Wildman–Crippen LogP) is 4.60. The van der Waals surface area contributed by atoms with Gasteiger partial charge in [0.15, 0.2) is 0 Å². The summed E-state index contributed by atoms with van der Waals surface area (Å²) in [5, 5.41) is 0. The summed E-state index contributed by atoms with van der Waals surface area (Å²) in [6.45, 7) is 3.04. The molecule has 1 rings (SSSR count). The van der Waals surface area contributed by atoms with Gasteiger partial charge in [0.2, 0.25) is 0 Å². The van der Waals surface area contributed by atoms with Crippen LogP contribution in [0.1, 0.15) is 90.4 Å². The Morgan fingerprint density at radius 3 is 2.00 bits per heavy atom. The van der Waals surface area contributed by atoms with E-state index in [9.17, 15) is 13.2 Å². The molecule has 1 aliphatic rings. The SMILES string of the molecule is CCCCCCCCCC[C@@H]1OC(=O)[C@H]1CCCCS(=O)(=O)CCCN(C)C. The molecule has 6 heteroatoms. The van der Waals surface area contributed by atoms with Gasteiger partial charge in [-0.2, -0.15) is 0 Å². The highest BCUT2D eigenvalue weighted by atomic mass is 32.2. The molecule has 0 amide bonds. The lowest BCUT2D eigenvalue weighted by molar-refractivity contribution is -0.186. The van der Waals surface area contributed by atoms with E-state index >= 15 is 0 Å². The zero-order chi connectivity index (χ0) is 20.8. The van der Waals surface area contributed by atoms with E-state index in [1.165, 1.54) is 44.9 Å². The van der Waals surface area contributed by atoms with Crippen LogP contribution >= 0.6 is 0 Å². The predicted molar refractivity (Wildman–Crippen MR) is 116 cm³/mol. The van der Waals surface area contributed by atoms with Crippen LogP contribution < -0.4 is 0 Å². The monoisotopic (exact) mass is 417 g/mol. The topological polar surface area (TPSA) is 63.7 Å². The molecule has 5 nitrogen and oxygen atoms in total. The minimum Gasteiger partial charge on any atom is -0.461 e. The minimum atomic E-state index is -2.96. The minimum absolute atomic E-state index is 0.000925. The van der Waals surface area contributed by atoms with Crippen LogP contribution in [0.25, 0.3) is 0 Å². The summed E-state index contributed by atoms with van der Waals surface area (Å²) >= 11 is 0. The number of ether oxygens (including phenoxy) is 1. The molecule has 0 aromatic rings. The summed E-state index contributed by atoms with van der Waals surface area (Å²) in [7, 11) is 0.943. The lowest BCUT2D eigenvalue weighted by atomic mass is 9.88. The third-order valence-corrected chi connectivity index (χ3v) is 7.46. The van der Waals surface area contributed by atoms with E-state index in [4.69, 9.17) is 4.74 Å².